The number of amides is 2. The van der Waals surface area contributed by atoms with Gasteiger partial charge in [0.15, 0.2) is 0 Å². The molecule has 0 radical (unpaired) electrons. The molecule has 2 N–H and O–H groups in total. The SMILES string of the molecule is O=C(Cc1nc2ccccc2n1CC(=O)Nc1c(F)cccc1F)NCc1ccc(Cl)cc1. The van der Waals surface area contributed by atoms with Gasteiger partial charge < -0.3 is 15.2 Å². The van der Waals surface area contributed by atoms with Crippen LogP contribution in [0.4, 0.5) is 14.5 Å². The molecule has 0 saturated heterocycles. The lowest BCUT2D eigenvalue weighted by atomic mass is 10.2. The largest absolute Gasteiger partial charge is 0.352 e. The summed E-state index contributed by atoms with van der Waals surface area (Å²) in [5.41, 5.74) is 1.59. The van der Waals surface area contributed by atoms with Crippen LogP contribution in [0.25, 0.3) is 11.0 Å². The standard InChI is InChI=1S/C24H19ClF2N4O2/c25-16-10-8-15(9-11-16)13-28-22(32)12-21-29-19-6-1-2-7-20(19)31(21)14-23(33)30-24-17(26)4-3-5-18(24)27/h1-11H,12-14H2,(H,28,32)(H,30,33). The molecule has 3 aromatic carbocycles. The first-order chi connectivity index (χ1) is 15.9. The fourth-order valence-electron chi connectivity index (χ4n) is 3.39. The van der Waals surface area contributed by atoms with E-state index in [0.29, 0.717) is 28.4 Å². The van der Waals surface area contributed by atoms with Gasteiger partial charge in [-0.2, -0.15) is 0 Å². The number of carbonyl (C=O) groups is 2. The minimum atomic E-state index is -0.874. The number of hydrogen-bond donors (Lipinski definition) is 2. The van der Waals surface area contributed by atoms with E-state index in [-0.39, 0.29) is 18.9 Å². The molecule has 1 heterocycles. The van der Waals surface area contributed by atoms with Gasteiger partial charge in [-0.15, -0.1) is 0 Å². The molecule has 0 atom stereocenters. The highest BCUT2D eigenvalue weighted by molar-refractivity contribution is 6.30. The van der Waals surface area contributed by atoms with Crippen LogP contribution in [0.5, 0.6) is 0 Å². The third-order valence-electron chi connectivity index (χ3n) is 4.98. The predicted molar refractivity (Wildman–Crippen MR) is 122 cm³/mol. The minimum Gasteiger partial charge on any atom is -0.352 e. The van der Waals surface area contributed by atoms with Gasteiger partial charge in [0.25, 0.3) is 0 Å². The van der Waals surface area contributed by atoms with Gasteiger partial charge in [0, 0.05) is 11.6 Å². The maximum atomic E-state index is 13.9. The van der Waals surface area contributed by atoms with E-state index in [0.717, 1.165) is 17.7 Å². The highest BCUT2D eigenvalue weighted by Crippen LogP contribution is 2.20. The van der Waals surface area contributed by atoms with E-state index in [2.05, 4.69) is 15.6 Å². The van der Waals surface area contributed by atoms with Gasteiger partial charge in [-0.1, -0.05) is 41.9 Å². The van der Waals surface area contributed by atoms with Crippen LogP contribution in [0.1, 0.15) is 11.4 Å². The van der Waals surface area contributed by atoms with Crippen molar-refractivity contribution in [2.75, 3.05) is 5.32 Å². The fourth-order valence-corrected chi connectivity index (χ4v) is 3.51. The molecule has 4 aromatic rings. The van der Waals surface area contributed by atoms with E-state index >= 15 is 0 Å². The Bertz CT molecular complexity index is 1300. The summed E-state index contributed by atoms with van der Waals surface area (Å²) in [7, 11) is 0. The number of hydrogen-bond acceptors (Lipinski definition) is 3. The van der Waals surface area contributed by atoms with E-state index in [1.165, 1.54) is 6.07 Å². The molecule has 6 nitrogen and oxygen atoms in total. The van der Waals surface area contributed by atoms with Crippen molar-refractivity contribution < 1.29 is 18.4 Å². The number of carbonyl (C=O) groups excluding carboxylic acids is 2. The fraction of sp³-hybridized carbons (Fsp3) is 0.125. The van der Waals surface area contributed by atoms with Gasteiger partial charge >= 0.3 is 0 Å². The third kappa shape index (κ3) is 5.35. The molecule has 0 fully saturated rings. The topological polar surface area (TPSA) is 76.0 Å². The van der Waals surface area contributed by atoms with Crippen molar-refractivity contribution in [1.82, 2.24) is 14.9 Å². The maximum absolute atomic E-state index is 13.9. The molecule has 0 aliphatic rings. The van der Waals surface area contributed by atoms with Crippen LogP contribution in [-0.4, -0.2) is 21.4 Å². The number of nitrogens with one attached hydrogen (secondary N) is 2. The van der Waals surface area contributed by atoms with E-state index in [1.807, 2.05) is 12.1 Å². The lowest BCUT2D eigenvalue weighted by Crippen LogP contribution is -2.27. The first-order valence-electron chi connectivity index (χ1n) is 10.1. The van der Waals surface area contributed by atoms with Gasteiger partial charge in [0.2, 0.25) is 11.8 Å². The van der Waals surface area contributed by atoms with Gasteiger partial charge in [-0.3, -0.25) is 9.59 Å². The summed E-state index contributed by atoms with van der Waals surface area (Å²) in [5.74, 6) is -2.33. The maximum Gasteiger partial charge on any atom is 0.244 e. The highest BCUT2D eigenvalue weighted by Gasteiger charge is 2.18. The summed E-state index contributed by atoms with van der Waals surface area (Å²) >= 11 is 5.88. The zero-order valence-corrected chi connectivity index (χ0v) is 18.1. The second kappa shape index (κ2) is 9.79. The monoisotopic (exact) mass is 468 g/mol. The Labute approximate surface area is 193 Å². The number of para-hydroxylation sites is 3. The first-order valence-corrected chi connectivity index (χ1v) is 10.5. The first kappa shape index (κ1) is 22.4. The molecule has 0 bridgehead atoms. The number of halogens is 3. The van der Waals surface area contributed by atoms with Crippen molar-refractivity contribution in [2.45, 2.75) is 19.5 Å². The van der Waals surface area contributed by atoms with Crippen LogP contribution in [0, 0.1) is 11.6 Å². The molecule has 0 aliphatic carbocycles. The Morgan fingerprint density at radius 2 is 1.61 bits per heavy atom. The Morgan fingerprint density at radius 1 is 0.909 bits per heavy atom. The van der Waals surface area contributed by atoms with E-state index in [9.17, 15) is 18.4 Å². The molecule has 4 rings (SSSR count). The molecule has 0 spiro atoms. The van der Waals surface area contributed by atoms with Crippen LogP contribution in [-0.2, 0) is 29.1 Å². The third-order valence-corrected chi connectivity index (χ3v) is 5.24. The number of nitrogens with zero attached hydrogens (tertiary/aromatic N) is 2. The second-order valence-electron chi connectivity index (χ2n) is 7.33. The molecule has 1 aromatic heterocycles. The molecular formula is C24H19ClF2N4O2. The van der Waals surface area contributed by atoms with Crippen molar-refractivity contribution in [3.05, 3.63) is 94.8 Å². The number of aromatic nitrogens is 2. The van der Waals surface area contributed by atoms with Gasteiger partial charge in [0.05, 0.1) is 17.5 Å². The molecule has 9 heteroatoms. The van der Waals surface area contributed by atoms with Crippen molar-refractivity contribution in [2.24, 2.45) is 0 Å². The Kier molecular flexibility index (Phi) is 6.65. The molecule has 0 aliphatic heterocycles. The van der Waals surface area contributed by atoms with Crippen molar-refractivity contribution in [3.8, 4) is 0 Å². The zero-order chi connectivity index (χ0) is 23.4. The average Bonchev–Trinajstić information content (AvgIpc) is 3.13. The average molecular weight is 469 g/mol. The van der Waals surface area contributed by atoms with Crippen molar-refractivity contribution in [1.29, 1.82) is 0 Å². The Balaban J connectivity index is 1.51. The highest BCUT2D eigenvalue weighted by atomic mass is 35.5. The lowest BCUT2D eigenvalue weighted by molar-refractivity contribution is -0.121. The summed E-state index contributed by atoms with van der Waals surface area (Å²) in [6.07, 6.45) is -0.0798. The van der Waals surface area contributed by atoms with Gasteiger partial charge in [-0.05, 0) is 42.0 Å². The summed E-state index contributed by atoms with van der Waals surface area (Å²) in [6.45, 7) is 0.0391. The molecule has 0 unspecified atom stereocenters. The Morgan fingerprint density at radius 3 is 2.33 bits per heavy atom. The molecule has 168 valence electrons. The Hall–Kier alpha value is -3.78. The lowest BCUT2D eigenvalue weighted by Gasteiger charge is -2.11. The molecule has 0 saturated carbocycles. The summed E-state index contributed by atoms with van der Waals surface area (Å²) in [6, 6.07) is 17.5. The normalized spacial score (nSPS) is 10.9. The molecule has 2 amide bonds. The van der Waals surface area contributed by atoms with Crippen LogP contribution >= 0.6 is 11.6 Å². The van der Waals surface area contributed by atoms with Crippen molar-refractivity contribution in [3.63, 3.8) is 0 Å². The predicted octanol–water partition coefficient (Wildman–Crippen LogP) is 4.47. The molecular weight excluding hydrogens is 450 g/mol. The van der Waals surface area contributed by atoms with Crippen LogP contribution in [0.3, 0.4) is 0 Å². The minimum absolute atomic E-state index is 0.0798. The number of benzene rings is 3. The van der Waals surface area contributed by atoms with Crippen LogP contribution in [0.15, 0.2) is 66.7 Å². The van der Waals surface area contributed by atoms with Crippen LogP contribution in [0.2, 0.25) is 5.02 Å². The number of rotatable bonds is 7. The summed E-state index contributed by atoms with van der Waals surface area (Å²) < 4.78 is 29.4. The quantitative estimate of drug-likeness (QED) is 0.420. The van der Waals surface area contributed by atoms with E-state index in [4.69, 9.17) is 11.6 Å². The second-order valence-corrected chi connectivity index (χ2v) is 7.76. The van der Waals surface area contributed by atoms with Gasteiger partial charge in [0.1, 0.15) is 29.7 Å². The number of fused-ring (bicyclic) bond motifs is 1. The molecule has 33 heavy (non-hydrogen) atoms. The van der Waals surface area contributed by atoms with Gasteiger partial charge in [-0.25, -0.2) is 13.8 Å². The van der Waals surface area contributed by atoms with Crippen LogP contribution < -0.4 is 10.6 Å². The van der Waals surface area contributed by atoms with E-state index in [1.54, 1.807) is 41.0 Å². The van der Waals surface area contributed by atoms with Crippen molar-refractivity contribution >= 4 is 40.1 Å². The smallest absolute Gasteiger partial charge is 0.244 e. The zero-order valence-electron chi connectivity index (χ0n) is 17.3. The number of anilines is 1. The summed E-state index contributed by atoms with van der Waals surface area (Å²) in [4.78, 5) is 29.6. The summed E-state index contributed by atoms with van der Waals surface area (Å²) in [5, 5.41) is 5.68. The van der Waals surface area contributed by atoms with E-state index < -0.39 is 23.2 Å². The number of imidazole rings is 1.